The predicted molar refractivity (Wildman–Crippen MR) is 88.9 cm³/mol. The average Bonchev–Trinajstić information content (AvgIpc) is 2.60. The number of rotatable bonds is 4. The molecule has 0 aliphatic rings. The molecule has 0 unspecified atom stereocenters. The number of aromatic nitrogens is 2. The first-order valence-electron chi connectivity index (χ1n) is 7.64. The molecule has 0 saturated carbocycles. The van der Waals surface area contributed by atoms with Gasteiger partial charge in [0.2, 0.25) is 5.91 Å². The van der Waals surface area contributed by atoms with Gasteiger partial charge in [0.25, 0.3) is 5.56 Å². The van der Waals surface area contributed by atoms with Crippen LogP contribution in [-0.4, -0.2) is 15.5 Å². The molecule has 0 radical (unpaired) electrons. The van der Waals surface area contributed by atoms with E-state index in [0.717, 1.165) is 12.1 Å². The number of carbonyl (C=O) groups excluding carboxylic acids is 1. The topological polar surface area (TPSA) is 64.0 Å². The first kappa shape index (κ1) is 16.8. The molecule has 0 aliphatic carbocycles. The molecular formula is C18H15F2N3O2. The number of halogens is 2. The van der Waals surface area contributed by atoms with Crippen LogP contribution in [-0.2, 0) is 11.3 Å². The number of amides is 1. The van der Waals surface area contributed by atoms with Gasteiger partial charge in [-0.15, -0.1) is 0 Å². The third-order valence-electron chi connectivity index (χ3n) is 3.87. The van der Waals surface area contributed by atoms with Crippen LogP contribution in [0.3, 0.4) is 0 Å². The predicted octanol–water partition coefficient (Wildman–Crippen LogP) is 2.55. The molecule has 7 heteroatoms. The van der Waals surface area contributed by atoms with Crippen LogP contribution in [0.25, 0.3) is 10.9 Å². The molecule has 3 rings (SSSR count). The van der Waals surface area contributed by atoms with Gasteiger partial charge in [0.1, 0.15) is 12.1 Å². The van der Waals surface area contributed by atoms with E-state index in [1.165, 1.54) is 23.0 Å². The molecule has 1 N–H and O–H groups in total. The summed E-state index contributed by atoms with van der Waals surface area (Å²) in [6.07, 6.45) is 3.04. The maximum absolute atomic E-state index is 13.3. The van der Waals surface area contributed by atoms with E-state index < -0.39 is 23.6 Å². The van der Waals surface area contributed by atoms with Crippen LogP contribution >= 0.6 is 0 Å². The fourth-order valence-corrected chi connectivity index (χ4v) is 2.54. The van der Waals surface area contributed by atoms with E-state index in [4.69, 9.17) is 0 Å². The summed E-state index contributed by atoms with van der Waals surface area (Å²) in [4.78, 5) is 28.5. The number of hydrogen-bond donors (Lipinski definition) is 1. The van der Waals surface area contributed by atoms with Gasteiger partial charge in [0, 0.05) is 17.8 Å². The summed E-state index contributed by atoms with van der Waals surface area (Å²) >= 11 is 0. The second kappa shape index (κ2) is 6.80. The van der Waals surface area contributed by atoms with E-state index in [-0.39, 0.29) is 17.6 Å². The number of nitrogens with one attached hydrogen (secondary N) is 1. The number of pyridine rings is 2. The minimum atomic E-state index is -0.976. The highest BCUT2D eigenvalue weighted by Gasteiger charge is 2.13. The molecule has 1 amide bonds. The number of fused-ring (bicyclic) bond motifs is 1. The van der Waals surface area contributed by atoms with Crippen molar-refractivity contribution < 1.29 is 13.6 Å². The second-order valence-corrected chi connectivity index (χ2v) is 5.65. The van der Waals surface area contributed by atoms with Crippen LogP contribution in [0.4, 0.5) is 8.78 Å². The van der Waals surface area contributed by atoms with Crippen molar-refractivity contribution in [1.29, 1.82) is 0 Å². The average molecular weight is 343 g/mol. The summed E-state index contributed by atoms with van der Waals surface area (Å²) in [5.74, 6) is -2.34. The van der Waals surface area contributed by atoms with E-state index in [2.05, 4.69) is 10.3 Å². The highest BCUT2D eigenvalue weighted by atomic mass is 19.2. The molecule has 2 heterocycles. The lowest BCUT2D eigenvalue weighted by Gasteiger charge is -2.15. The monoisotopic (exact) mass is 343 g/mol. The number of nitrogens with zero attached hydrogens (tertiary/aromatic N) is 2. The highest BCUT2D eigenvalue weighted by Crippen LogP contribution is 2.16. The molecule has 0 saturated heterocycles. The Morgan fingerprint density at radius 3 is 2.80 bits per heavy atom. The fourth-order valence-electron chi connectivity index (χ4n) is 2.54. The third kappa shape index (κ3) is 3.55. The van der Waals surface area contributed by atoms with Crippen molar-refractivity contribution in [3.63, 3.8) is 0 Å². The summed E-state index contributed by atoms with van der Waals surface area (Å²) in [5.41, 5.74) is 0.347. The SMILES string of the molecule is C[C@H](NC(=O)Cn1ccc2cccnc2c1=O)c1ccc(F)c(F)c1. The Morgan fingerprint density at radius 1 is 1.24 bits per heavy atom. The first-order chi connectivity index (χ1) is 12.0. The standard InChI is InChI=1S/C18H15F2N3O2/c1-11(13-4-5-14(19)15(20)9-13)22-16(24)10-23-8-6-12-3-2-7-21-17(12)18(23)25/h2-9,11H,10H2,1H3,(H,22,24)/t11-/m0/s1. The van der Waals surface area contributed by atoms with Gasteiger partial charge in [-0.05, 0) is 36.8 Å². The molecule has 0 spiro atoms. The van der Waals surface area contributed by atoms with Crippen molar-refractivity contribution >= 4 is 16.8 Å². The van der Waals surface area contributed by atoms with Crippen molar-refractivity contribution in [2.24, 2.45) is 0 Å². The summed E-state index contributed by atoms with van der Waals surface area (Å²) in [7, 11) is 0. The molecule has 25 heavy (non-hydrogen) atoms. The Labute approximate surface area is 141 Å². The summed E-state index contributed by atoms with van der Waals surface area (Å²) < 4.78 is 27.5. The summed E-state index contributed by atoms with van der Waals surface area (Å²) in [5, 5.41) is 3.35. The molecule has 0 fully saturated rings. The van der Waals surface area contributed by atoms with E-state index in [1.807, 2.05) is 0 Å². The molecule has 1 aromatic carbocycles. The molecular weight excluding hydrogens is 328 g/mol. The van der Waals surface area contributed by atoms with Crippen LogP contribution in [0.5, 0.6) is 0 Å². The lowest BCUT2D eigenvalue weighted by Crippen LogP contribution is -2.33. The lowest BCUT2D eigenvalue weighted by molar-refractivity contribution is -0.122. The summed E-state index contributed by atoms with van der Waals surface area (Å²) in [6.45, 7) is 1.45. The van der Waals surface area contributed by atoms with Crippen molar-refractivity contribution in [3.05, 3.63) is 76.3 Å². The van der Waals surface area contributed by atoms with Gasteiger partial charge in [-0.3, -0.25) is 14.6 Å². The van der Waals surface area contributed by atoms with Crippen LogP contribution < -0.4 is 10.9 Å². The Balaban J connectivity index is 1.75. The fraction of sp³-hybridized carbons (Fsp3) is 0.167. The van der Waals surface area contributed by atoms with Gasteiger partial charge in [0.15, 0.2) is 11.6 Å². The number of benzene rings is 1. The smallest absolute Gasteiger partial charge is 0.277 e. The second-order valence-electron chi connectivity index (χ2n) is 5.65. The van der Waals surface area contributed by atoms with Gasteiger partial charge in [-0.1, -0.05) is 12.1 Å². The van der Waals surface area contributed by atoms with Crippen LogP contribution in [0.2, 0.25) is 0 Å². The van der Waals surface area contributed by atoms with E-state index in [1.54, 1.807) is 25.1 Å². The van der Waals surface area contributed by atoms with Gasteiger partial charge < -0.3 is 9.88 Å². The number of carbonyl (C=O) groups is 1. The molecule has 5 nitrogen and oxygen atoms in total. The van der Waals surface area contributed by atoms with Crippen molar-refractivity contribution in [2.45, 2.75) is 19.5 Å². The zero-order valence-corrected chi connectivity index (χ0v) is 13.4. The van der Waals surface area contributed by atoms with Crippen LogP contribution in [0.15, 0.2) is 53.6 Å². The zero-order chi connectivity index (χ0) is 18.0. The third-order valence-corrected chi connectivity index (χ3v) is 3.87. The Kier molecular flexibility index (Phi) is 4.56. The van der Waals surface area contributed by atoms with Crippen LogP contribution in [0.1, 0.15) is 18.5 Å². The molecule has 0 aliphatic heterocycles. The zero-order valence-electron chi connectivity index (χ0n) is 13.4. The Hall–Kier alpha value is -3.09. The summed E-state index contributed by atoms with van der Waals surface area (Å²) in [6, 6.07) is 8.10. The quantitative estimate of drug-likeness (QED) is 0.792. The van der Waals surface area contributed by atoms with Crippen LogP contribution in [0, 0.1) is 11.6 Å². The van der Waals surface area contributed by atoms with Crippen molar-refractivity contribution in [1.82, 2.24) is 14.9 Å². The van der Waals surface area contributed by atoms with Gasteiger partial charge in [-0.2, -0.15) is 0 Å². The molecule has 3 aromatic rings. The lowest BCUT2D eigenvalue weighted by atomic mass is 10.1. The normalized spacial score (nSPS) is 12.1. The molecule has 1 atom stereocenters. The molecule has 128 valence electrons. The van der Waals surface area contributed by atoms with E-state index in [0.29, 0.717) is 10.9 Å². The Morgan fingerprint density at radius 2 is 2.04 bits per heavy atom. The molecule has 2 aromatic heterocycles. The molecule has 0 bridgehead atoms. The van der Waals surface area contributed by atoms with Gasteiger partial charge in [0.05, 0.1) is 6.04 Å². The van der Waals surface area contributed by atoms with Gasteiger partial charge in [-0.25, -0.2) is 8.78 Å². The number of hydrogen-bond acceptors (Lipinski definition) is 3. The highest BCUT2D eigenvalue weighted by molar-refractivity contribution is 5.79. The van der Waals surface area contributed by atoms with E-state index >= 15 is 0 Å². The maximum Gasteiger partial charge on any atom is 0.277 e. The first-order valence-corrected chi connectivity index (χ1v) is 7.64. The minimum absolute atomic E-state index is 0.195. The maximum atomic E-state index is 13.3. The van der Waals surface area contributed by atoms with Crippen molar-refractivity contribution in [3.8, 4) is 0 Å². The van der Waals surface area contributed by atoms with Gasteiger partial charge >= 0.3 is 0 Å². The van der Waals surface area contributed by atoms with E-state index in [9.17, 15) is 18.4 Å². The minimum Gasteiger partial charge on any atom is -0.348 e. The van der Waals surface area contributed by atoms with Crippen molar-refractivity contribution in [2.75, 3.05) is 0 Å². The largest absolute Gasteiger partial charge is 0.348 e. The Bertz CT molecular complexity index is 1000.